The molecule has 2 N–H and O–H groups in total. The molecule has 0 saturated carbocycles. The molecule has 142 valence electrons. The van der Waals surface area contributed by atoms with Gasteiger partial charge in [-0.05, 0) is 47.7 Å². The van der Waals surface area contributed by atoms with Gasteiger partial charge in [-0.1, -0.05) is 31.2 Å². The number of aliphatic carboxylic acids is 1. The second-order valence-corrected chi connectivity index (χ2v) is 6.65. The van der Waals surface area contributed by atoms with Crippen molar-refractivity contribution in [2.24, 2.45) is 16.1 Å². The molecule has 1 unspecified atom stereocenters. The quantitative estimate of drug-likeness (QED) is 0.599. The minimum Gasteiger partial charge on any atom is -0.481 e. The van der Waals surface area contributed by atoms with E-state index in [-0.39, 0.29) is 24.7 Å². The van der Waals surface area contributed by atoms with Crippen molar-refractivity contribution in [3.05, 3.63) is 59.7 Å². The molecule has 0 aliphatic rings. The second kappa shape index (κ2) is 10.3. The first-order valence-electron chi connectivity index (χ1n) is 8.90. The van der Waals surface area contributed by atoms with Gasteiger partial charge in [0, 0.05) is 19.3 Å². The zero-order valence-corrected chi connectivity index (χ0v) is 15.3. The van der Waals surface area contributed by atoms with Gasteiger partial charge in [-0.3, -0.25) is 9.59 Å². The molecule has 0 heterocycles. The van der Waals surface area contributed by atoms with Gasteiger partial charge in [0.2, 0.25) is 0 Å². The lowest BCUT2D eigenvalue weighted by Crippen LogP contribution is -2.08. The summed E-state index contributed by atoms with van der Waals surface area (Å²) >= 11 is 0. The molecular weight excluding hydrogens is 344 g/mol. The molecule has 0 fully saturated rings. The molecule has 0 aromatic heterocycles. The van der Waals surface area contributed by atoms with Crippen LogP contribution in [0.5, 0.6) is 0 Å². The van der Waals surface area contributed by atoms with Gasteiger partial charge in [0.1, 0.15) is 5.78 Å². The molecule has 2 aromatic carbocycles. The van der Waals surface area contributed by atoms with E-state index in [4.69, 9.17) is 10.2 Å². The smallest absolute Gasteiger partial charge is 0.303 e. The fourth-order valence-electron chi connectivity index (χ4n) is 2.59. The van der Waals surface area contributed by atoms with Crippen LogP contribution in [0.3, 0.4) is 0 Å². The van der Waals surface area contributed by atoms with Crippen molar-refractivity contribution >= 4 is 23.1 Å². The van der Waals surface area contributed by atoms with Gasteiger partial charge >= 0.3 is 5.97 Å². The van der Waals surface area contributed by atoms with Crippen LogP contribution in [0, 0.1) is 5.92 Å². The number of carboxylic acids is 1. The zero-order chi connectivity index (χ0) is 19.6. The van der Waals surface area contributed by atoms with Crippen LogP contribution in [0.1, 0.15) is 37.3 Å². The van der Waals surface area contributed by atoms with Crippen molar-refractivity contribution in [3.8, 4) is 0 Å². The Kier molecular flexibility index (Phi) is 7.82. The maximum absolute atomic E-state index is 12.0. The van der Waals surface area contributed by atoms with Crippen LogP contribution in [0.25, 0.3) is 0 Å². The Bertz CT molecular complexity index is 783. The van der Waals surface area contributed by atoms with Gasteiger partial charge in [0.05, 0.1) is 18.0 Å². The van der Waals surface area contributed by atoms with Crippen molar-refractivity contribution in [2.75, 3.05) is 0 Å². The first kappa shape index (κ1) is 20.5. The number of ketones is 1. The van der Waals surface area contributed by atoms with Crippen molar-refractivity contribution in [2.45, 2.75) is 39.2 Å². The predicted molar refractivity (Wildman–Crippen MR) is 102 cm³/mol. The molecule has 27 heavy (non-hydrogen) atoms. The highest BCUT2D eigenvalue weighted by molar-refractivity contribution is 5.81. The number of azo groups is 1. The fraction of sp³-hybridized carbons (Fsp3) is 0.333. The van der Waals surface area contributed by atoms with E-state index in [2.05, 4.69) is 10.2 Å². The molecule has 0 spiro atoms. The number of nitrogens with zero attached hydrogens (tertiary/aromatic N) is 2. The number of carbonyl (C=O) groups excluding carboxylic acids is 1. The molecule has 2 rings (SSSR count). The van der Waals surface area contributed by atoms with Crippen molar-refractivity contribution in [1.29, 1.82) is 0 Å². The molecule has 6 nitrogen and oxygen atoms in total. The van der Waals surface area contributed by atoms with Gasteiger partial charge in [-0.2, -0.15) is 10.2 Å². The lowest BCUT2D eigenvalue weighted by Gasteiger charge is -2.07. The fourth-order valence-corrected chi connectivity index (χ4v) is 2.59. The summed E-state index contributed by atoms with van der Waals surface area (Å²) < 4.78 is 0. The summed E-state index contributed by atoms with van der Waals surface area (Å²) in [6.07, 6.45) is 1.40. The predicted octanol–water partition coefficient (Wildman–Crippen LogP) is 4.60. The third-order valence-corrected chi connectivity index (χ3v) is 4.18. The molecule has 1 atom stereocenters. The van der Waals surface area contributed by atoms with E-state index in [1.807, 2.05) is 19.1 Å². The minimum atomic E-state index is -0.830. The largest absolute Gasteiger partial charge is 0.481 e. The van der Waals surface area contributed by atoms with Crippen molar-refractivity contribution < 1.29 is 19.8 Å². The molecule has 0 radical (unpaired) electrons. The van der Waals surface area contributed by atoms with Crippen LogP contribution in [0.4, 0.5) is 11.4 Å². The van der Waals surface area contributed by atoms with Crippen molar-refractivity contribution in [3.63, 3.8) is 0 Å². The summed E-state index contributed by atoms with van der Waals surface area (Å²) in [4.78, 5) is 22.7. The third-order valence-electron chi connectivity index (χ3n) is 4.18. The monoisotopic (exact) mass is 368 g/mol. The van der Waals surface area contributed by atoms with Crippen LogP contribution in [-0.4, -0.2) is 22.0 Å². The summed E-state index contributed by atoms with van der Waals surface area (Å²) in [6, 6.07) is 14.5. The Balaban J connectivity index is 1.84. The normalized spacial score (nSPS) is 12.2. The lowest BCUT2D eigenvalue weighted by molar-refractivity contribution is -0.138. The van der Waals surface area contributed by atoms with E-state index >= 15 is 0 Å². The summed E-state index contributed by atoms with van der Waals surface area (Å²) in [5, 5.41) is 26.1. The van der Waals surface area contributed by atoms with E-state index < -0.39 is 5.97 Å². The van der Waals surface area contributed by atoms with Crippen molar-refractivity contribution in [1.82, 2.24) is 0 Å². The average Bonchev–Trinajstić information content (AvgIpc) is 2.66. The standard InChI is InChI=1S/C21H24N2O4/c1-15(12-21(26)27)2-11-20(25)13-16-3-7-18(8-4-16)22-23-19-9-5-17(14-24)6-10-19/h3-10,15,24H,2,11-14H2,1H3,(H,26,27). The van der Waals surface area contributed by atoms with Gasteiger partial charge in [-0.15, -0.1) is 0 Å². The summed E-state index contributed by atoms with van der Waals surface area (Å²) in [6.45, 7) is 1.84. The molecular formula is C21H24N2O4. The first-order valence-corrected chi connectivity index (χ1v) is 8.90. The zero-order valence-electron chi connectivity index (χ0n) is 15.3. The summed E-state index contributed by atoms with van der Waals surface area (Å²) in [5.74, 6) is -0.727. The number of aliphatic hydroxyl groups excluding tert-OH is 1. The van der Waals surface area contributed by atoms with E-state index in [9.17, 15) is 9.59 Å². The maximum atomic E-state index is 12.0. The highest BCUT2D eigenvalue weighted by Crippen LogP contribution is 2.20. The maximum Gasteiger partial charge on any atom is 0.303 e. The average molecular weight is 368 g/mol. The van der Waals surface area contributed by atoms with Gasteiger partial charge < -0.3 is 10.2 Å². The lowest BCUT2D eigenvalue weighted by atomic mass is 9.98. The Morgan fingerprint density at radius 1 is 0.926 bits per heavy atom. The SMILES string of the molecule is CC(CCC(=O)Cc1ccc(N=Nc2ccc(CO)cc2)cc1)CC(=O)O. The van der Waals surface area contributed by atoms with Crippen LogP contribution in [0.15, 0.2) is 58.8 Å². The highest BCUT2D eigenvalue weighted by Gasteiger charge is 2.11. The highest BCUT2D eigenvalue weighted by atomic mass is 16.4. The van der Waals surface area contributed by atoms with E-state index in [0.717, 1.165) is 11.1 Å². The summed E-state index contributed by atoms with van der Waals surface area (Å²) in [5.41, 5.74) is 3.10. The van der Waals surface area contributed by atoms with E-state index in [1.54, 1.807) is 36.4 Å². The topological polar surface area (TPSA) is 99.3 Å². The molecule has 6 heteroatoms. The number of hydrogen-bond acceptors (Lipinski definition) is 5. The molecule has 2 aromatic rings. The Hall–Kier alpha value is -2.86. The molecule has 0 amide bonds. The molecule has 0 aliphatic heterocycles. The Labute approximate surface area is 158 Å². The Morgan fingerprint density at radius 3 is 1.93 bits per heavy atom. The number of hydrogen-bond donors (Lipinski definition) is 2. The van der Waals surface area contributed by atoms with E-state index in [1.165, 1.54) is 0 Å². The molecule has 0 aliphatic carbocycles. The minimum absolute atomic E-state index is 0.000631. The third kappa shape index (κ3) is 7.50. The Morgan fingerprint density at radius 2 is 1.44 bits per heavy atom. The van der Waals surface area contributed by atoms with Gasteiger partial charge in [-0.25, -0.2) is 0 Å². The number of aliphatic hydroxyl groups is 1. The number of carboxylic acid groups (broad SMARTS) is 1. The first-order chi connectivity index (χ1) is 13.0. The number of benzene rings is 2. The van der Waals surface area contributed by atoms with Gasteiger partial charge in [0.25, 0.3) is 0 Å². The number of rotatable bonds is 10. The van der Waals surface area contributed by atoms with Crippen LogP contribution in [-0.2, 0) is 22.6 Å². The van der Waals surface area contributed by atoms with Crippen LogP contribution < -0.4 is 0 Å². The summed E-state index contributed by atoms with van der Waals surface area (Å²) in [7, 11) is 0. The second-order valence-electron chi connectivity index (χ2n) is 6.65. The van der Waals surface area contributed by atoms with Crippen LogP contribution in [0.2, 0.25) is 0 Å². The number of Topliss-reactive ketones (excluding diaryl/α,β-unsaturated/α-hetero) is 1. The molecule has 0 bridgehead atoms. The number of carbonyl (C=O) groups is 2. The van der Waals surface area contributed by atoms with Crippen LogP contribution >= 0.6 is 0 Å². The molecule has 0 saturated heterocycles. The van der Waals surface area contributed by atoms with Gasteiger partial charge in [0.15, 0.2) is 0 Å². The van der Waals surface area contributed by atoms with E-state index in [0.29, 0.717) is 30.6 Å².